The van der Waals surface area contributed by atoms with E-state index in [1.807, 2.05) is 25.7 Å². The monoisotopic (exact) mass is 548 g/mol. The maximum atomic E-state index is 14.8. The molecule has 1 saturated carbocycles. The smallest absolute Gasteiger partial charge is 0.381 e. The molecule has 2 fully saturated rings. The summed E-state index contributed by atoms with van der Waals surface area (Å²) in [6, 6.07) is 1.81. The van der Waals surface area contributed by atoms with Gasteiger partial charge in [-0.1, -0.05) is 23.7 Å². The van der Waals surface area contributed by atoms with E-state index in [-0.39, 0.29) is 26.9 Å². The Morgan fingerprint density at radius 2 is 1.78 bits per heavy atom. The van der Waals surface area contributed by atoms with Gasteiger partial charge in [-0.3, -0.25) is 9.71 Å². The van der Waals surface area contributed by atoms with Gasteiger partial charge in [-0.15, -0.1) is 0 Å². The molecule has 13 heteroatoms. The zero-order valence-electron chi connectivity index (χ0n) is 20.2. The van der Waals surface area contributed by atoms with Crippen LogP contribution in [-0.4, -0.2) is 44.8 Å². The first-order valence-corrected chi connectivity index (χ1v) is 13.2. The molecule has 2 aromatic rings. The highest BCUT2D eigenvalue weighted by Crippen LogP contribution is 2.54. The number of halogens is 5. The molecule has 0 bridgehead atoms. The fraction of sp³-hybridized carbons (Fsp3) is 0.609. The van der Waals surface area contributed by atoms with Gasteiger partial charge < -0.3 is 10.6 Å². The Kier molecular flexibility index (Phi) is 7.39. The van der Waals surface area contributed by atoms with E-state index < -0.39 is 29.2 Å². The number of nitrogen functional groups attached to an aromatic ring is 1. The summed E-state index contributed by atoms with van der Waals surface area (Å²) in [5.74, 6) is -2.29. The first-order chi connectivity index (χ1) is 16.7. The normalized spacial score (nSPS) is 21.8. The average Bonchev–Trinajstić information content (AvgIpc) is 3.03. The van der Waals surface area contributed by atoms with Gasteiger partial charge in [0.05, 0.1) is 12.2 Å². The van der Waals surface area contributed by atoms with E-state index in [0.29, 0.717) is 38.2 Å². The van der Waals surface area contributed by atoms with E-state index in [0.717, 1.165) is 18.0 Å². The number of alkyl halides is 5. The van der Waals surface area contributed by atoms with Crippen LogP contribution in [0.25, 0.3) is 0 Å². The van der Waals surface area contributed by atoms with Crippen molar-refractivity contribution in [2.75, 3.05) is 23.7 Å². The highest BCUT2D eigenvalue weighted by atomic mass is 32.2. The van der Waals surface area contributed by atoms with E-state index in [1.165, 1.54) is 30.3 Å². The van der Waals surface area contributed by atoms with Crippen LogP contribution in [0.5, 0.6) is 0 Å². The van der Waals surface area contributed by atoms with Gasteiger partial charge in [-0.2, -0.15) is 13.2 Å². The molecule has 1 spiro atoms. The molecule has 4 rings (SSSR count). The number of nitrogens with zero attached hydrogens (tertiary/aromatic N) is 4. The molecule has 0 radical (unpaired) electrons. The Balaban J connectivity index is 1.46. The van der Waals surface area contributed by atoms with Gasteiger partial charge in [0.2, 0.25) is 0 Å². The van der Waals surface area contributed by atoms with E-state index in [9.17, 15) is 22.0 Å². The second-order valence-corrected chi connectivity index (χ2v) is 12.9. The molecule has 1 atom stereocenters. The molecule has 36 heavy (non-hydrogen) atoms. The van der Waals surface area contributed by atoms with E-state index in [1.54, 1.807) is 0 Å². The molecule has 3 heterocycles. The summed E-state index contributed by atoms with van der Waals surface area (Å²) < 4.78 is 72.3. The summed E-state index contributed by atoms with van der Waals surface area (Å²) in [5.41, 5.74) is 4.53. The number of hydrogen-bond acceptors (Lipinski definition) is 8. The van der Waals surface area contributed by atoms with Crippen molar-refractivity contribution >= 4 is 35.3 Å². The lowest BCUT2D eigenvalue weighted by atomic mass is 9.74. The van der Waals surface area contributed by atoms with Crippen molar-refractivity contribution in [3.63, 3.8) is 0 Å². The van der Waals surface area contributed by atoms with Crippen LogP contribution in [0.1, 0.15) is 52.1 Å². The quantitative estimate of drug-likeness (QED) is 0.346. The lowest BCUT2D eigenvalue weighted by Gasteiger charge is -2.44. The molecule has 1 unspecified atom stereocenters. The molecule has 1 aliphatic carbocycles. The highest BCUT2D eigenvalue weighted by molar-refractivity contribution is 7.99. The maximum absolute atomic E-state index is 14.8. The average molecular weight is 549 g/mol. The third kappa shape index (κ3) is 5.83. The Bertz CT molecular complexity index is 1080. The van der Waals surface area contributed by atoms with E-state index in [4.69, 9.17) is 5.73 Å². The van der Waals surface area contributed by atoms with Crippen LogP contribution in [0, 0.1) is 5.41 Å². The molecule has 6 nitrogen and oxygen atoms in total. The SMILES string of the molecule is CC(C)(C)SNC1C(F)(F)CCC12CCN(c1cnc(Sc3cccnc3C(F)(F)F)c(N)n1)CC2. The van der Waals surface area contributed by atoms with Crippen LogP contribution in [0.2, 0.25) is 0 Å². The van der Waals surface area contributed by atoms with Crippen molar-refractivity contribution in [2.45, 2.75) is 79.3 Å². The first kappa shape index (κ1) is 27.2. The number of anilines is 2. The molecular formula is C23H29F5N6S2. The summed E-state index contributed by atoms with van der Waals surface area (Å²) in [5, 5.41) is 0.143. The summed E-state index contributed by atoms with van der Waals surface area (Å²) >= 11 is 2.10. The van der Waals surface area contributed by atoms with E-state index >= 15 is 0 Å². The second kappa shape index (κ2) is 9.79. The van der Waals surface area contributed by atoms with Crippen molar-refractivity contribution in [3.8, 4) is 0 Å². The Morgan fingerprint density at radius 1 is 1.08 bits per heavy atom. The zero-order chi connectivity index (χ0) is 26.4. The minimum absolute atomic E-state index is 0.00304. The molecule has 3 N–H and O–H groups in total. The predicted molar refractivity (Wildman–Crippen MR) is 132 cm³/mol. The Labute approximate surface area is 215 Å². The number of rotatable bonds is 5. The molecular weight excluding hydrogens is 519 g/mol. The molecule has 2 aromatic heterocycles. The summed E-state index contributed by atoms with van der Waals surface area (Å²) in [4.78, 5) is 13.9. The predicted octanol–water partition coefficient (Wildman–Crippen LogP) is 6.04. The first-order valence-electron chi connectivity index (χ1n) is 11.6. The van der Waals surface area contributed by atoms with Crippen molar-refractivity contribution in [1.82, 2.24) is 19.7 Å². The van der Waals surface area contributed by atoms with Crippen molar-refractivity contribution in [1.29, 1.82) is 0 Å². The van der Waals surface area contributed by atoms with Gasteiger partial charge in [0.25, 0.3) is 5.92 Å². The van der Waals surface area contributed by atoms with Crippen LogP contribution in [0.4, 0.5) is 33.6 Å². The number of hydrogen-bond donors (Lipinski definition) is 2. The Hall–Kier alpha value is -1.86. The minimum Gasteiger partial charge on any atom is -0.381 e. The number of pyridine rings is 1. The number of nitrogens with two attached hydrogens (primary N) is 1. The Morgan fingerprint density at radius 3 is 2.39 bits per heavy atom. The fourth-order valence-corrected chi connectivity index (χ4v) is 6.49. The van der Waals surface area contributed by atoms with Crippen LogP contribution in [0.15, 0.2) is 34.4 Å². The molecule has 0 aromatic carbocycles. The maximum Gasteiger partial charge on any atom is 0.434 e. The topological polar surface area (TPSA) is 80.0 Å². The summed E-state index contributed by atoms with van der Waals surface area (Å²) in [6.45, 7) is 6.97. The largest absolute Gasteiger partial charge is 0.434 e. The third-order valence-corrected chi connectivity index (χ3v) is 8.58. The molecule has 2 aliphatic rings. The van der Waals surface area contributed by atoms with Gasteiger partial charge >= 0.3 is 6.18 Å². The molecule has 1 aliphatic heterocycles. The highest BCUT2D eigenvalue weighted by Gasteiger charge is 2.59. The second-order valence-electron chi connectivity index (χ2n) is 10.2. The van der Waals surface area contributed by atoms with Crippen LogP contribution >= 0.6 is 23.7 Å². The van der Waals surface area contributed by atoms with Gasteiger partial charge in [0.15, 0.2) is 11.5 Å². The fourth-order valence-electron chi connectivity index (χ4n) is 4.72. The van der Waals surface area contributed by atoms with Crippen molar-refractivity contribution in [3.05, 3.63) is 30.2 Å². The molecule has 1 saturated heterocycles. The minimum atomic E-state index is -4.61. The van der Waals surface area contributed by atoms with Gasteiger partial charge in [-0.25, -0.2) is 18.7 Å². The number of aromatic nitrogens is 3. The number of piperidine rings is 1. The zero-order valence-corrected chi connectivity index (χ0v) is 21.8. The third-order valence-electron chi connectivity index (χ3n) is 6.55. The van der Waals surface area contributed by atoms with Crippen LogP contribution < -0.4 is 15.4 Å². The molecule has 0 amide bonds. The lowest BCUT2D eigenvalue weighted by Crippen LogP contribution is -2.53. The lowest BCUT2D eigenvalue weighted by molar-refractivity contribution is -0.143. The summed E-state index contributed by atoms with van der Waals surface area (Å²) in [7, 11) is 0. The van der Waals surface area contributed by atoms with Crippen molar-refractivity contribution < 1.29 is 22.0 Å². The van der Waals surface area contributed by atoms with Crippen LogP contribution in [0.3, 0.4) is 0 Å². The van der Waals surface area contributed by atoms with Crippen molar-refractivity contribution in [2.24, 2.45) is 5.41 Å². The standard InChI is InChI=1S/C23H29F5N6S2/c1-20(2,3)36-33-19-21(6-7-22(19,24)25)8-11-34(12-9-21)15-13-31-18(17(29)32-15)35-14-5-4-10-30-16(14)23(26,27)28/h4-5,10,13,19,33H,6-9,11-12H2,1-3H3,(H2,29,32). The van der Waals surface area contributed by atoms with Gasteiger partial charge in [0.1, 0.15) is 10.8 Å². The van der Waals surface area contributed by atoms with Crippen LogP contribution in [-0.2, 0) is 6.18 Å². The van der Waals surface area contributed by atoms with E-state index in [2.05, 4.69) is 19.7 Å². The summed E-state index contributed by atoms with van der Waals surface area (Å²) in [6.07, 6.45) is -0.620. The van der Waals surface area contributed by atoms with Gasteiger partial charge in [-0.05, 0) is 57.6 Å². The number of nitrogens with one attached hydrogen (secondary N) is 1. The van der Waals surface area contributed by atoms with Gasteiger partial charge in [0, 0.05) is 35.3 Å². The molecule has 198 valence electrons.